The first-order valence-corrected chi connectivity index (χ1v) is 12.4. The molecule has 0 unspecified atom stereocenters. The molecule has 1 aromatic heterocycles. The van der Waals surface area contributed by atoms with Crippen LogP contribution in [0.3, 0.4) is 0 Å². The minimum absolute atomic E-state index is 0. The Labute approximate surface area is 224 Å². The van der Waals surface area contributed by atoms with E-state index in [0.717, 1.165) is 22.6 Å². The van der Waals surface area contributed by atoms with E-state index in [1.165, 1.54) is 6.07 Å². The summed E-state index contributed by atoms with van der Waals surface area (Å²) < 4.78 is 24.7. The molecule has 0 bridgehead atoms. The average Bonchev–Trinajstić information content (AvgIpc) is 3.68. The number of carbonyl (C=O) groups excluding carboxylic acids is 1. The summed E-state index contributed by atoms with van der Waals surface area (Å²) in [7, 11) is 1.61. The number of hydrogen-bond acceptors (Lipinski definition) is 5. The monoisotopic (exact) mass is 527 g/mol. The fourth-order valence-corrected chi connectivity index (χ4v) is 4.31. The quantitative estimate of drug-likeness (QED) is 0.347. The summed E-state index contributed by atoms with van der Waals surface area (Å²) in [5.74, 6) is -0.0733. The first-order chi connectivity index (χ1) is 17.3. The number of hydrogen-bond donors (Lipinski definition) is 1. The highest BCUT2D eigenvalue weighted by atomic mass is 35.5. The number of pyridine rings is 1. The van der Waals surface area contributed by atoms with Crippen LogP contribution in [0, 0.1) is 11.9 Å². The molecule has 8 heteroatoms. The fraction of sp³-hybridized carbons (Fsp3) is 0.379. The third kappa shape index (κ3) is 7.06. The largest absolute Gasteiger partial charge is 0.491 e. The standard InChI is InChI=1S/C29H34FN3O3.ClH/c1-18(2)36-23-14-10-21(11-15-23)20-8-12-22(13-9-20)33(17-26(31)19(3)35-4)29(34)25-16-24(25)27-6-5-7-28(30)32-27;/h5-15,18-19,24-26H,16-17,31H2,1-4H3;1H/t19-,24+,25+,26-;/m1./s1. The lowest BCUT2D eigenvalue weighted by Crippen LogP contribution is -2.47. The van der Waals surface area contributed by atoms with E-state index in [1.807, 2.05) is 69.3 Å². The molecule has 0 aliphatic heterocycles. The van der Waals surface area contributed by atoms with Gasteiger partial charge in [-0.3, -0.25) is 4.79 Å². The highest BCUT2D eigenvalue weighted by Gasteiger charge is 2.47. The highest BCUT2D eigenvalue weighted by Crippen LogP contribution is 2.48. The summed E-state index contributed by atoms with van der Waals surface area (Å²) in [6.07, 6.45) is 0.545. The van der Waals surface area contributed by atoms with Crippen molar-refractivity contribution in [3.8, 4) is 16.9 Å². The van der Waals surface area contributed by atoms with Gasteiger partial charge in [-0.05, 0) is 74.7 Å². The van der Waals surface area contributed by atoms with Gasteiger partial charge in [-0.15, -0.1) is 12.4 Å². The molecule has 1 aliphatic carbocycles. The summed E-state index contributed by atoms with van der Waals surface area (Å²) >= 11 is 0. The number of methoxy groups -OCH3 is 1. The smallest absolute Gasteiger partial charge is 0.230 e. The van der Waals surface area contributed by atoms with Gasteiger partial charge in [0.05, 0.1) is 12.2 Å². The minimum Gasteiger partial charge on any atom is -0.491 e. The summed E-state index contributed by atoms with van der Waals surface area (Å²) in [6, 6.07) is 20.2. The highest BCUT2D eigenvalue weighted by molar-refractivity contribution is 5.97. The van der Waals surface area contributed by atoms with Gasteiger partial charge in [-0.1, -0.05) is 30.3 Å². The van der Waals surface area contributed by atoms with Crippen molar-refractivity contribution in [2.24, 2.45) is 11.7 Å². The van der Waals surface area contributed by atoms with E-state index in [4.69, 9.17) is 15.2 Å². The molecule has 2 N–H and O–H groups in total. The Morgan fingerprint density at radius 3 is 2.24 bits per heavy atom. The van der Waals surface area contributed by atoms with Crippen LogP contribution < -0.4 is 15.4 Å². The van der Waals surface area contributed by atoms with Crippen molar-refractivity contribution in [1.82, 2.24) is 4.98 Å². The number of aromatic nitrogens is 1. The lowest BCUT2D eigenvalue weighted by molar-refractivity contribution is -0.120. The Morgan fingerprint density at radius 2 is 1.68 bits per heavy atom. The molecule has 1 heterocycles. The van der Waals surface area contributed by atoms with E-state index in [2.05, 4.69) is 4.98 Å². The van der Waals surface area contributed by atoms with Crippen LogP contribution in [0.2, 0.25) is 0 Å². The van der Waals surface area contributed by atoms with Crippen molar-refractivity contribution < 1.29 is 18.7 Å². The molecule has 4 rings (SSSR count). The van der Waals surface area contributed by atoms with Crippen LogP contribution in [0.25, 0.3) is 11.1 Å². The zero-order valence-electron chi connectivity index (χ0n) is 21.6. The molecule has 0 spiro atoms. The maximum atomic E-state index is 13.6. The van der Waals surface area contributed by atoms with Crippen LogP contribution in [0.1, 0.15) is 38.8 Å². The maximum absolute atomic E-state index is 13.6. The Hall–Kier alpha value is -3.00. The van der Waals surface area contributed by atoms with Crippen molar-refractivity contribution >= 4 is 24.0 Å². The molecule has 0 saturated heterocycles. The van der Waals surface area contributed by atoms with E-state index in [9.17, 15) is 9.18 Å². The maximum Gasteiger partial charge on any atom is 0.230 e. The lowest BCUT2D eigenvalue weighted by atomic mass is 10.0. The number of nitrogens with zero attached hydrogens (tertiary/aromatic N) is 2. The van der Waals surface area contributed by atoms with E-state index in [-0.39, 0.29) is 48.4 Å². The lowest BCUT2D eigenvalue weighted by Gasteiger charge is -2.29. The van der Waals surface area contributed by atoms with E-state index < -0.39 is 5.95 Å². The van der Waals surface area contributed by atoms with Gasteiger partial charge in [0.1, 0.15) is 5.75 Å². The van der Waals surface area contributed by atoms with Gasteiger partial charge >= 0.3 is 0 Å². The predicted molar refractivity (Wildman–Crippen MR) is 147 cm³/mol. The van der Waals surface area contributed by atoms with E-state index in [0.29, 0.717) is 18.7 Å². The molecular formula is C29H35ClFN3O3. The van der Waals surface area contributed by atoms with Crippen molar-refractivity contribution in [2.75, 3.05) is 18.6 Å². The molecule has 0 radical (unpaired) electrons. The van der Waals surface area contributed by atoms with Gasteiger partial charge < -0.3 is 20.1 Å². The van der Waals surface area contributed by atoms with Gasteiger partial charge in [-0.2, -0.15) is 4.39 Å². The van der Waals surface area contributed by atoms with Crippen LogP contribution in [0.5, 0.6) is 5.75 Å². The molecule has 3 aromatic rings. The fourth-order valence-electron chi connectivity index (χ4n) is 4.31. The second kappa shape index (κ2) is 12.5. The van der Waals surface area contributed by atoms with Gasteiger partial charge in [0.25, 0.3) is 0 Å². The Balaban J connectivity index is 0.00000380. The molecule has 6 nitrogen and oxygen atoms in total. The van der Waals surface area contributed by atoms with Crippen LogP contribution in [-0.4, -0.2) is 42.8 Å². The molecule has 1 saturated carbocycles. The molecule has 198 valence electrons. The number of amides is 1. The molecule has 2 aromatic carbocycles. The average molecular weight is 528 g/mol. The zero-order valence-corrected chi connectivity index (χ0v) is 22.5. The molecule has 1 amide bonds. The normalized spacial score (nSPS) is 18.0. The first-order valence-electron chi connectivity index (χ1n) is 12.4. The van der Waals surface area contributed by atoms with Crippen LogP contribution in [0.4, 0.5) is 10.1 Å². The molecule has 1 fully saturated rings. The summed E-state index contributed by atoms with van der Waals surface area (Å²) in [6.45, 7) is 6.20. The van der Waals surface area contributed by atoms with Gasteiger partial charge in [0.2, 0.25) is 11.9 Å². The summed E-state index contributed by atoms with van der Waals surface area (Å²) in [4.78, 5) is 19.3. The first kappa shape index (κ1) is 28.6. The Kier molecular flexibility index (Phi) is 9.65. The van der Waals surface area contributed by atoms with Crippen molar-refractivity contribution in [1.29, 1.82) is 0 Å². The number of carbonyl (C=O) groups is 1. The number of rotatable bonds is 10. The van der Waals surface area contributed by atoms with Crippen LogP contribution in [0.15, 0.2) is 66.7 Å². The number of ether oxygens (including phenoxy) is 2. The molecule has 1 aliphatic rings. The van der Waals surface area contributed by atoms with Gasteiger partial charge in [0.15, 0.2) is 0 Å². The third-order valence-corrected chi connectivity index (χ3v) is 6.60. The molecular weight excluding hydrogens is 493 g/mol. The van der Waals surface area contributed by atoms with E-state index in [1.54, 1.807) is 24.1 Å². The van der Waals surface area contributed by atoms with Crippen molar-refractivity contribution in [3.05, 3.63) is 78.4 Å². The third-order valence-electron chi connectivity index (χ3n) is 6.60. The van der Waals surface area contributed by atoms with Crippen molar-refractivity contribution in [3.63, 3.8) is 0 Å². The number of anilines is 1. The molecule has 4 atom stereocenters. The number of halogens is 2. The molecule has 37 heavy (non-hydrogen) atoms. The zero-order chi connectivity index (χ0) is 25.8. The minimum atomic E-state index is -0.530. The van der Waals surface area contributed by atoms with Crippen molar-refractivity contribution in [2.45, 2.75) is 51.4 Å². The van der Waals surface area contributed by atoms with E-state index >= 15 is 0 Å². The second-order valence-electron chi connectivity index (χ2n) is 9.63. The summed E-state index contributed by atoms with van der Waals surface area (Å²) in [5, 5.41) is 0. The Morgan fingerprint density at radius 1 is 1.05 bits per heavy atom. The van der Waals surface area contributed by atoms with Crippen LogP contribution in [-0.2, 0) is 9.53 Å². The topological polar surface area (TPSA) is 77.7 Å². The predicted octanol–water partition coefficient (Wildman–Crippen LogP) is 5.60. The van der Waals surface area contributed by atoms with Crippen LogP contribution >= 0.6 is 12.4 Å². The number of benzene rings is 2. The number of nitrogens with two attached hydrogens (primary N) is 1. The Bertz CT molecular complexity index is 1170. The van der Waals surface area contributed by atoms with Gasteiger partial charge in [0, 0.05) is 42.9 Å². The second-order valence-corrected chi connectivity index (χ2v) is 9.63. The SMILES string of the molecule is CO[C@H](C)[C@H](N)CN(C(=O)[C@H]1C[C@@H]1c1cccc(F)n1)c1ccc(-c2ccc(OC(C)C)cc2)cc1.Cl. The summed E-state index contributed by atoms with van der Waals surface area (Å²) in [5.41, 5.74) is 9.83. The van der Waals surface area contributed by atoms with Gasteiger partial charge in [-0.25, -0.2) is 4.98 Å².